The summed E-state index contributed by atoms with van der Waals surface area (Å²) in [6.07, 6.45) is 0.958. The fourth-order valence-electron chi connectivity index (χ4n) is 3.84. The summed E-state index contributed by atoms with van der Waals surface area (Å²) < 4.78 is 11.5. The molecule has 0 spiro atoms. The second-order valence-corrected chi connectivity index (χ2v) is 7.52. The normalized spacial score (nSPS) is 18.9. The van der Waals surface area contributed by atoms with Crippen molar-refractivity contribution in [2.24, 2.45) is 11.7 Å². The number of nitrogens with two attached hydrogens (primary N) is 1. The minimum atomic E-state index is -0.383. The average Bonchev–Trinajstić information content (AvgIpc) is 2.70. The van der Waals surface area contributed by atoms with E-state index in [2.05, 4.69) is 0 Å². The van der Waals surface area contributed by atoms with Crippen LogP contribution in [0.15, 0.2) is 48.5 Å². The fourth-order valence-corrected chi connectivity index (χ4v) is 3.84. The topological polar surface area (TPSA) is 81.9 Å². The number of benzene rings is 2. The lowest BCUT2D eigenvalue weighted by atomic mass is 9.90. The van der Waals surface area contributed by atoms with Gasteiger partial charge in [-0.1, -0.05) is 35.9 Å². The Morgan fingerprint density at radius 2 is 1.93 bits per heavy atom. The van der Waals surface area contributed by atoms with Crippen LogP contribution in [0.25, 0.3) is 0 Å². The van der Waals surface area contributed by atoms with Crippen molar-refractivity contribution in [2.75, 3.05) is 20.2 Å². The minimum Gasteiger partial charge on any atom is -0.496 e. The summed E-state index contributed by atoms with van der Waals surface area (Å²) in [5.41, 5.74) is 7.41. The number of likely N-dealkylation sites (tertiary alicyclic amines) is 1. The predicted molar refractivity (Wildman–Crippen MR) is 111 cm³/mol. The van der Waals surface area contributed by atoms with Crippen molar-refractivity contribution in [2.45, 2.75) is 32.3 Å². The fraction of sp³-hybridized carbons (Fsp3) is 0.391. The molecule has 0 unspecified atom stereocenters. The first-order valence-electron chi connectivity index (χ1n) is 9.87. The molecule has 0 aromatic heterocycles. The quantitative estimate of drug-likeness (QED) is 0.780. The molecular formula is C23H28N2O4. The first kappa shape index (κ1) is 20.7. The molecule has 6 nitrogen and oxygen atoms in total. The van der Waals surface area contributed by atoms with E-state index in [4.69, 9.17) is 15.2 Å². The van der Waals surface area contributed by atoms with Crippen LogP contribution in [0, 0.1) is 12.8 Å². The van der Waals surface area contributed by atoms with Gasteiger partial charge >= 0.3 is 0 Å². The maximum absolute atomic E-state index is 13.0. The third-order valence-corrected chi connectivity index (χ3v) is 5.29. The van der Waals surface area contributed by atoms with E-state index in [9.17, 15) is 9.59 Å². The number of para-hydroxylation sites is 1. The number of amides is 2. The Morgan fingerprint density at radius 1 is 1.17 bits per heavy atom. The average molecular weight is 396 g/mol. The SMILES string of the molecule is COc1ccc(C)cc1CC(=O)N1CC[C@H](Oc2ccccc2)[C@@H](CC(N)=O)C1. The molecule has 154 valence electrons. The van der Waals surface area contributed by atoms with Gasteiger partial charge in [-0.05, 0) is 25.1 Å². The number of piperidine rings is 1. The first-order chi connectivity index (χ1) is 14.0. The summed E-state index contributed by atoms with van der Waals surface area (Å²) in [4.78, 5) is 26.4. The molecule has 2 amide bonds. The Hall–Kier alpha value is -3.02. The van der Waals surface area contributed by atoms with Crippen LogP contribution in [-0.4, -0.2) is 43.0 Å². The second kappa shape index (κ2) is 9.45. The lowest BCUT2D eigenvalue weighted by molar-refractivity contribution is -0.135. The third-order valence-electron chi connectivity index (χ3n) is 5.29. The number of carbonyl (C=O) groups is 2. The third kappa shape index (κ3) is 5.50. The van der Waals surface area contributed by atoms with E-state index in [1.54, 1.807) is 12.0 Å². The molecule has 2 aromatic rings. The standard InChI is InChI=1S/C23H28N2O4/c1-16-8-9-20(28-2)17(12-16)14-23(27)25-11-10-21(18(15-25)13-22(24)26)29-19-6-4-3-5-7-19/h3-9,12,18,21H,10-11,13-15H2,1-2H3,(H2,24,26)/t18-,21-/m0/s1. The summed E-state index contributed by atoms with van der Waals surface area (Å²) in [5, 5.41) is 0. The van der Waals surface area contributed by atoms with E-state index in [0.717, 1.165) is 16.9 Å². The molecule has 6 heteroatoms. The van der Waals surface area contributed by atoms with Gasteiger partial charge in [0.1, 0.15) is 17.6 Å². The second-order valence-electron chi connectivity index (χ2n) is 7.52. The van der Waals surface area contributed by atoms with Crippen molar-refractivity contribution in [3.8, 4) is 11.5 Å². The van der Waals surface area contributed by atoms with Gasteiger partial charge in [-0.15, -0.1) is 0 Å². The predicted octanol–water partition coefficient (Wildman–Crippen LogP) is 2.72. The van der Waals surface area contributed by atoms with Gasteiger partial charge in [0, 0.05) is 37.4 Å². The summed E-state index contributed by atoms with van der Waals surface area (Å²) in [6, 6.07) is 15.3. The zero-order valence-corrected chi connectivity index (χ0v) is 17.0. The van der Waals surface area contributed by atoms with Crippen molar-refractivity contribution in [1.29, 1.82) is 0 Å². The van der Waals surface area contributed by atoms with Gasteiger partial charge in [-0.25, -0.2) is 0 Å². The van der Waals surface area contributed by atoms with E-state index < -0.39 is 0 Å². The molecule has 0 bridgehead atoms. The molecule has 2 N–H and O–H groups in total. The Kier molecular flexibility index (Phi) is 6.75. The molecule has 29 heavy (non-hydrogen) atoms. The van der Waals surface area contributed by atoms with E-state index >= 15 is 0 Å². The zero-order chi connectivity index (χ0) is 20.8. The number of hydrogen-bond donors (Lipinski definition) is 1. The summed E-state index contributed by atoms with van der Waals surface area (Å²) in [7, 11) is 1.61. The van der Waals surface area contributed by atoms with E-state index in [-0.39, 0.29) is 36.7 Å². The summed E-state index contributed by atoms with van der Waals surface area (Å²) in [6.45, 7) is 3.02. The minimum absolute atomic E-state index is 0.0153. The summed E-state index contributed by atoms with van der Waals surface area (Å²) >= 11 is 0. The highest BCUT2D eigenvalue weighted by atomic mass is 16.5. The number of rotatable bonds is 7. The van der Waals surface area contributed by atoms with Gasteiger partial charge < -0.3 is 20.1 Å². The van der Waals surface area contributed by atoms with Gasteiger partial charge in [0.25, 0.3) is 0 Å². The zero-order valence-electron chi connectivity index (χ0n) is 17.0. The van der Waals surface area contributed by atoms with Crippen molar-refractivity contribution in [3.05, 3.63) is 59.7 Å². The van der Waals surface area contributed by atoms with Crippen LogP contribution in [0.4, 0.5) is 0 Å². The number of primary amides is 1. The van der Waals surface area contributed by atoms with Crippen molar-refractivity contribution < 1.29 is 19.1 Å². The van der Waals surface area contributed by atoms with Crippen LogP contribution >= 0.6 is 0 Å². The van der Waals surface area contributed by atoms with Crippen LogP contribution < -0.4 is 15.2 Å². The largest absolute Gasteiger partial charge is 0.496 e. The van der Waals surface area contributed by atoms with E-state index in [0.29, 0.717) is 25.3 Å². The highest BCUT2D eigenvalue weighted by molar-refractivity contribution is 5.80. The van der Waals surface area contributed by atoms with Crippen LogP contribution in [0.2, 0.25) is 0 Å². The maximum Gasteiger partial charge on any atom is 0.227 e. The highest BCUT2D eigenvalue weighted by Crippen LogP contribution is 2.27. The van der Waals surface area contributed by atoms with Gasteiger partial charge in [-0.3, -0.25) is 9.59 Å². The molecule has 2 aromatic carbocycles. The molecular weight excluding hydrogens is 368 g/mol. The van der Waals surface area contributed by atoms with Crippen LogP contribution in [0.1, 0.15) is 24.0 Å². The van der Waals surface area contributed by atoms with Gasteiger partial charge in [0.05, 0.1) is 13.5 Å². The molecule has 1 saturated heterocycles. The molecule has 1 heterocycles. The first-order valence-corrected chi connectivity index (χ1v) is 9.87. The number of nitrogens with zero attached hydrogens (tertiary/aromatic N) is 1. The Balaban J connectivity index is 1.69. The number of methoxy groups -OCH3 is 1. The lowest BCUT2D eigenvalue weighted by Gasteiger charge is -2.38. The Bertz CT molecular complexity index is 853. The number of carbonyl (C=O) groups excluding carboxylic acids is 2. The molecule has 0 saturated carbocycles. The molecule has 0 aliphatic carbocycles. The van der Waals surface area contributed by atoms with Gasteiger partial charge in [-0.2, -0.15) is 0 Å². The van der Waals surface area contributed by atoms with Crippen LogP contribution in [-0.2, 0) is 16.0 Å². The number of aryl methyl sites for hydroxylation is 1. The smallest absolute Gasteiger partial charge is 0.227 e. The molecule has 1 aliphatic heterocycles. The monoisotopic (exact) mass is 396 g/mol. The molecule has 0 radical (unpaired) electrons. The van der Waals surface area contributed by atoms with Crippen molar-refractivity contribution in [3.63, 3.8) is 0 Å². The highest BCUT2D eigenvalue weighted by Gasteiger charge is 2.34. The Labute approximate surface area is 171 Å². The van der Waals surface area contributed by atoms with Crippen LogP contribution in [0.3, 0.4) is 0 Å². The van der Waals surface area contributed by atoms with Gasteiger partial charge in [0.2, 0.25) is 11.8 Å². The summed E-state index contributed by atoms with van der Waals surface area (Å²) in [5.74, 6) is 0.967. The van der Waals surface area contributed by atoms with Crippen molar-refractivity contribution >= 4 is 11.8 Å². The van der Waals surface area contributed by atoms with Crippen LogP contribution in [0.5, 0.6) is 11.5 Å². The maximum atomic E-state index is 13.0. The van der Waals surface area contributed by atoms with E-state index in [1.165, 1.54) is 0 Å². The van der Waals surface area contributed by atoms with Gasteiger partial charge in [0.15, 0.2) is 0 Å². The Morgan fingerprint density at radius 3 is 2.62 bits per heavy atom. The van der Waals surface area contributed by atoms with Crippen molar-refractivity contribution in [1.82, 2.24) is 4.90 Å². The molecule has 1 aliphatic rings. The number of ether oxygens (including phenoxy) is 2. The molecule has 2 atom stereocenters. The molecule has 1 fully saturated rings. The number of hydrogen-bond acceptors (Lipinski definition) is 4. The molecule has 3 rings (SSSR count). The van der Waals surface area contributed by atoms with E-state index in [1.807, 2.05) is 55.5 Å². The lowest BCUT2D eigenvalue weighted by Crippen LogP contribution is -2.49.